The van der Waals surface area contributed by atoms with Gasteiger partial charge < -0.3 is 20.7 Å². The summed E-state index contributed by atoms with van der Waals surface area (Å²) in [6, 6.07) is 4.34. The average molecular weight is 183 g/mol. The molecular weight excluding hydrogens is 170 g/mol. The maximum atomic E-state index is 9.37. The van der Waals surface area contributed by atoms with Crippen LogP contribution < -0.4 is 10.5 Å². The second kappa shape index (κ2) is 4.11. The fourth-order valence-corrected chi connectivity index (χ4v) is 1.04. The molecule has 1 aromatic rings. The van der Waals surface area contributed by atoms with Crippen molar-refractivity contribution < 1.29 is 14.9 Å². The average Bonchev–Trinajstić information content (AvgIpc) is 2.16. The number of aliphatic hydroxyl groups excluding tert-OH is 1. The number of nitrogens with two attached hydrogens (primary N) is 1. The zero-order chi connectivity index (χ0) is 9.84. The molecule has 0 fully saturated rings. The van der Waals surface area contributed by atoms with Gasteiger partial charge >= 0.3 is 0 Å². The van der Waals surface area contributed by atoms with Crippen molar-refractivity contribution in [2.24, 2.45) is 5.73 Å². The van der Waals surface area contributed by atoms with Crippen molar-refractivity contribution in [3.63, 3.8) is 0 Å². The first kappa shape index (κ1) is 9.83. The molecule has 4 heteroatoms. The SMILES string of the molecule is COc1ccc(C(N)CO)cc1O. The molecule has 4 N–H and O–H groups in total. The minimum Gasteiger partial charge on any atom is -0.504 e. The van der Waals surface area contributed by atoms with Crippen LogP contribution in [0.5, 0.6) is 11.5 Å². The summed E-state index contributed by atoms with van der Waals surface area (Å²) in [5, 5.41) is 18.1. The maximum Gasteiger partial charge on any atom is 0.160 e. The number of phenols is 1. The summed E-state index contributed by atoms with van der Waals surface area (Å²) in [6.45, 7) is -0.147. The molecule has 1 unspecified atom stereocenters. The molecule has 0 aliphatic rings. The van der Waals surface area contributed by atoms with E-state index in [2.05, 4.69) is 0 Å². The summed E-state index contributed by atoms with van der Waals surface area (Å²) in [4.78, 5) is 0. The van der Waals surface area contributed by atoms with E-state index in [-0.39, 0.29) is 12.4 Å². The lowest BCUT2D eigenvalue weighted by Crippen LogP contribution is -2.14. The predicted molar refractivity (Wildman–Crippen MR) is 48.7 cm³/mol. The standard InChI is InChI=1S/C9H13NO3/c1-13-9-3-2-6(4-8(9)12)7(10)5-11/h2-4,7,11-12H,5,10H2,1H3. The number of aromatic hydroxyl groups is 1. The van der Waals surface area contributed by atoms with Crippen LogP contribution in [0.15, 0.2) is 18.2 Å². The fraction of sp³-hybridized carbons (Fsp3) is 0.333. The van der Waals surface area contributed by atoms with E-state index in [0.717, 1.165) is 0 Å². The van der Waals surface area contributed by atoms with Gasteiger partial charge in [0.25, 0.3) is 0 Å². The van der Waals surface area contributed by atoms with Crippen molar-refractivity contribution in [2.75, 3.05) is 13.7 Å². The van der Waals surface area contributed by atoms with Gasteiger partial charge in [-0.2, -0.15) is 0 Å². The van der Waals surface area contributed by atoms with Crippen molar-refractivity contribution in [3.05, 3.63) is 23.8 Å². The first-order valence-electron chi connectivity index (χ1n) is 3.92. The van der Waals surface area contributed by atoms with E-state index in [9.17, 15) is 5.11 Å². The molecule has 0 saturated carbocycles. The number of phenolic OH excluding ortho intramolecular Hbond substituents is 1. The zero-order valence-corrected chi connectivity index (χ0v) is 7.40. The second-order valence-corrected chi connectivity index (χ2v) is 2.72. The lowest BCUT2D eigenvalue weighted by molar-refractivity contribution is 0.267. The lowest BCUT2D eigenvalue weighted by Gasteiger charge is -2.10. The van der Waals surface area contributed by atoms with Crippen molar-refractivity contribution >= 4 is 0 Å². The van der Waals surface area contributed by atoms with Crippen LogP contribution >= 0.6 is 0 Å². The number of aliphatic hydroxyl groups is 1. The van der Waals surface area contributed by atoms with Crippen molar-refractivity contribution in [2.45, 2.75) is 6.04 Å². The smallest absolute Gasteiger partial charge is 0.160 e. The molecule has 0 aromatic heterocycles. The number of benzene rings is 1. The number of hydrogen-bond donors (Lipinski definition) is 3. The molecule has 1 rings (SSSR count). The summed E-state index contributed by atoms with van der Waals surface area (Å²) in [5.74, 6) is 0.429. The van der Waals surface area contributed by atoms with Gasteiger partial charge in [0.15, 0.2) is 11.5 Å². The molecule has 13 heavy (non-hydrogen) atoms. The normalized spacial score (nSPS) is 12.5. The fourth-order valence-electron chi connectivity index (χ4n) is 1.04. The van der Waals surface area contributed by atoms with Gasteiger partial charge in [-0.05, 0) is 17.7 Å². The summed E-state index contributed by atoms with van der Waals surface area (Å²) >= 11 is 0. The lowest BCUT2D eigenvalue weighted by atomic mass is 10.1. The third kappa shape index (κ3) is 2.11. The monoisotopic (exact) mass is 183 g/mol. The maximum absolute atomic E-state index is 9.37. The van der Waals surface area contributed by atoms with Crippen LogP contribution in [0.1, 0.15) is 11.6 Å². The number of methoxy groups -OCH3 is 1. The van der Waals surface area contributed by atoms with Crippen molar-refractivity contribution in [1.82, 2.24) is 0 Å². The Bertz CT molecular complexity index is 288. The molecule has 1 atom stereocenters. The second-order valence-electron chi connectivity index (χ2n) is 2.72. The van der Waals surface area contributed by atoms with Gasteiger partial charge in [-0.15, -0.1) is 0 Å². The van der Waals surface area contributed by atoms with Gasteiger partial charge in [-0.3, -0.25) is 0 Å². The number of ether oxygens (including phenoxy) is 1. The van der Waals surface area contributed by atoms with Crippen molar-refractivity contribution in [3.8, 4) is 11.5 Å². The van der Waals surface area contributed by atoms with Crippen LogP contribution in [0, 0.1) is 0 Å². The van der Waals surface area contributed by atoms with E-state index in [4.69, 9.17) is 15.6 Å². The molecule has 1 aromatic carbocycles. The highest BCUT2D eigenvalue weighted by molar-refractivity contribution is 5.42. The molecule has 4 nitrogen and oxygen atoms in total. The molecule has 0 aliphatic heterocycles. The van der Waals surface area contributed by atoms with E-state index in [1.807, 2.05) is 0 Å². The van der Waals surface area contributed by atoms with Crippen LogP contribution in [0.3, 0.4) is 0 Å². The Labute approximate surface area is 76.6 Å². The summed E-state index contributed by atoms with van der Waals surface area (Å²) < 4.78 is 4.86. The molecule has 0 radical (unpaired) electrons. The molecule has 0 saturated heterocycles. The minimum absolute atomic E-state index is 0.0314. The van der Waals surface area contributed by atoms with Gasteiger partial charge in [-0.1, -0.05) is 6.07 Å². The molecule has 0 amide bonds. The van der Waals surface area contributed by atoms with Crippen LogP contribution in [-0.2, 0) is 0 Å². The van der Waals surface area contributed by atoms with E-state index in [1.54, 1.807) is 12.1 Å². The van der Waals surface area contributed by atoms with Crippen LogP contribution in [0.2, 0.25) is 0 Å². The number of hydrogen-bond acceptors (Lipinski definition) is 4. The predicted octanol–water partition coefficient (Wildman–Crippen LogP) is 0.393. The first-order valence-corrected chi connectivity index (χ1v) is 3.92. The van der Waals surface area contributed by atoms with Gasteiger partial charge in [0.2, 0.25) is 0 Å². The topological polar surface area (TPSA) is 75.7 Å². The van der Waals surface area contributed by atoms with E-state index < -0.39 is 6.04 Å². The largest absolute Gasteiger partial charge is 0.504 e. The molecular formula is C9H13NO3. The van der Waals surface area contributed by atoms with Crippen LogP contribution in [0.25, 0.3) is 0 Å². The molecule has 0 aliphatic carbocycles. The number of rotatable bonds is 3. The molecule has 0 spiro atoms. The van der Waals surface area contributed by atoms with E-state index in [0.29, 0.717) is 11.3 Å². The Balaban J connectivity index is 2.95. The molecule has 72 valence electrons. The Morgan fingerprint density at radius 1 is 1.54 bits per heavy atom. The first-order chi connectivity index (χ1) is 6.19. The summed E-state index contributed by atoms with van der Waals surface area (Å²) in [7, 11) is 1.47. The Morgan fingerprint density at radius 2 is 2.23 bits per heavy atom. The quantitative estimate of drug-likeness (QED) is 0.633. The minimum atomic E-state index is -0.461. The molecule has 0 heterocycles. The van der Waals surface area contributed by atoms with E-state index >= 15 is 0 Å². The Hall–Kier alpha value is -1.26. The Kier molecular flexibility index (Phi) is 3.11. The highest BCUT2D eigenvalue weighted by atomic mass is 16.5. The Morgan fingerprint density at radius 3 is 2.69 bits per heavy atom. The van der Waals surface area contributed by atoms with Crippen molar-refractivity contribution in [1.29, 1.82) is 0 Å². The summed E-state index contributed by atoms with van der Waals surface area (Å²) in [6.07, 6.45) is 0. The highest BCUT2D eigenvalue weighted by Crippen LogP contribution is 2.27. The van der Waals surface area contributed by atoms with Gasteiger partial charge in [0.05, 0.1) is 19.8 Å². The van der Waals surface area contributed by atoms with Gasteiger partial charge in [-0.25, -0.2) is 0 Å². The zero-order valence-electron chi connectivity index (χ0n) is 7.40. The third-order valence-corrected chi connectivity index (χ3v) is 1.83. The summed E-state index contributed by atoms with van der Waals surface area (Å²) in [5.41, 5.74) is 6.23. The van der Waals surface area contributed by atoms with Crippen LogP contribution in [0.4, 0.5) is 0 Å². The molecule has 0 bridgehead atoms. The highest BCUT2D eigenvalue weighted by Gasteiger charge is 2.07. The van der Waals surface area contributed by atoms with Crippen LogP contribution in [-0.4, -0.2) is 23.9 Å². The van der Waals surface area contributed by atoms with Gasteiger partial charge in [0, 0.05) is 0 Å². The third-order valence-electron chi connectivity index (χ3n) is 1.83. The van der Waals surface area contributed by atoms with Gasteiger partial charge in [0.1, 0.15) is 0 Å². The van der Waals surface area contributed by atoms with E-state index in [1.165, 1.54) is 13.2 Å².